The summed E-state index contributed by atoms with van der Waals surface area (Å²) in [5.74, 6) is -0.343. The molecular weight excluding hydrogens is 336 g/mol. The topological polar surface area (TPSA) is 80.7 Å². The molecular formula is C15H13ClN4O2S. The van der Waals surface area contributed by atoms with Gasteiger partial charge in [-0.15, -0.1) is 0 Å². The van der Waals surface area contributed by atoms with Crippen molar-refractivity contribution in [2.24, 2.45) is 5.73 Å². The van der Waals surface area contributed by atoms with Gasteiger partial charge in [-0.1, -0.05) is 22.9 Å². The van der Waals surface area contributed by atoms with Crippen LogP contribution in [0, 0.1) is 0 Å². The smallest absolute Gasteiger partial charge is 0.274 e. The van der Waals surface area contributed by atoms with E-state index in [2.05, 4.69) is 4.98 Å². The molecule has 1 fully saturated rings. The monoisotopic (exact) mass is 348 g/mol. The molecule has 2 N–H and O–H groups in total. The van der Waals surface area contributed by atoms with E-state index in [-0.39, 0.29) is 5.56 Å². The van der Waals surface area contributed by atoms with Gasteiger partial charge in [-0.2, -0.15) is 0 Å². The molecule has 0 spiro atoms. The highest BCUT2D eigenvalue weighted by Crippen LogP contribution is 2.29. The Bertz CT molecular complexity index is 1000. The lowest BCUT2D eigenvalue weighted by molar-refractivity contribution is 0.0999. The standard InChI is InChI=1S/C15H13ClN4O2S/c16-8-3-4-9-10(7-8)23-15-18-13(19-5-1-2-6-19)11(12(17)21)14(22)20(9)15/h3-4,7H,1-2,5-6H2,(H2,17,21). The highest BCUT2D eigenvalue weighted by atomic mass is 35.5. The predicted octanol–water partition coefficient (Wildman–Crippen LogP) is 2.26. The molecule has 0 unspecified atom stereocenters. The number of benzene rings is 1. The van der Waals surface area contributed by atoms with E-state index in [1.54, 1.807) is 18.2 Å². The van der Waals surface area contributed by atoms with Gasteiger partial charge in [-0.25, -0.2) is 4.98 Å². The Morgan fingerprint density at radius 1 is 1.30 bits per heavy atom. The third kappa shape index (κ3) is 2.19. The van der Waals surface area contributed by atoms with E-state index in [1.807, 2.05) is 4.90 Å². The number of rotatable bonds is 2. The molecule has 1 saturated heterocycles. The summed E-state index contributed by atoms with van der Waals surface area (Å²) < 4.78 is 2.28. The number of carbonyl (C=O) groups is 1. The number of nitrogens with zero attached hydrogens (tertiary/aromatic N) is 3. The minimum atomic E-state index is -0.743. The molecule has 4 rings (SSSR count). The van der Waals surface area contributed by atoms with E-state index >= 15 is 0 Å². The number of primary amides is 1. The number of carbonyl (C=O) groups excluding carboxylic acids is 1. The van der Waals surface area contributed by atoms with Gasteiger partial charge in [0.2, 0.25) is 0 Å². The Kier molecular flexibility index (Phi) is 3.28. The number of anilines is 1. The second-order valence-electron chi connectivity index (χ2n) is 5.51. The van der Waals surface area contributed by atoms with E-state index in [4.69, 9.17) is 17.3 Å². The van der Waals surface area contributed by atoms with Gasteiger partial charge in [0.1, 0.15) is 11.4 Å². The van der Waals surface area contributed by atoms with Crippen molar-refractivity contribution in [3.8, 4) is 0 Å². The lowest BCUT2D eigenvalue weighted by Crippen LogP contribution is -2.32. The SMILES string of the molecule is NC(=O)c1c(N2CCCC2)nc2sc3cc(Cl)ccc3n2c1=O. The van der Waals surface area contributed by atoms with Crippen molar-refractivity contribution >= 4 is 49.8 Å². The normalized spacial score (nSPS) is 14.9. The molecule has 0 aliphatic carbocycles. The van der Waals surface area contributed by atoms with Crippen molar-refractivity contribution in [3.05, 3.63) is 39.1 Å². The second kappa shape index (κ2) is 5.21. The predicted molar refractivity (Wildman–Crippen MR) is 91.8 cm³/mol. The first-order valence-corrected chi connectivity index (χ1v) is 8.45. The highest BCUT2D eigenvalue weighted by molar-refractivity contribution is 7.23. The molecule has 2 aromatic heterocycles. The van der Waals surface area contributed by atoms with Crippen molar-refractivity contribution in [2.75, 3.05) is 18.0 Å². The van der Waals surface area contributed by atoms with Gasteiger partial charge in [-0.3, -0.25) is 14.0 Å². The van der Waals surface area contributed by atoms with Crippen LogP contribution in [0.3, 0.4) is 0 Å². The molecule has 6 nitrogen and oxygen atoms in total. The summed E-state index contributed by atoms with van der Waals surface area (Å²) in [6.45, 7) is 1.55. The average molecular weight is 349 g/mol. The van der Waals surface area contributed by atoms with Crippen molar-refractivity contribution in [3.63, 3.8) is 0 Å². The molecule has 1 aliphatic rings. The van der Waals surface area contributed by atoms with Crippen molar-refractivity contribution in [1.82, 2.24) is 9.38 Å². The summed E-state index contributed by atoms with van der Waals surface area (Å²) in [6.07, 6.45) is 2.03. The van der Waals surface area contributed by atoms with E-state index in [1.165, 1.54) is 15.7 Å². The summed E-state index contributed by atoms with van der Waals surface area (Å²) in [7, 11) is 0. The number of hydrogen-bond acceptors (Lipinski definition) is 5. The van der Waals surface area contributed by atoms with E-state index in [9.17, 15) is 9.59 Å². The Morgan fingerprint density at radius 3 is 2.74 bits per heavy atom. The second-order valence-corrected chi connectivity index (χ2v) is 6.95. The molecule has 1 aromatic carbocycles. The highest BCUT2D eigenvalue weighted by Gasteiger charge is 2.25. The summed E-state index contributed by atoms with van der Waals surface area (Å²) in [5.41, 5.74) is 5.70. The van der Waals surface area contributed by atoms with Crippen LogP contribution in [-0.2, 0) is 0 Å². The molecule has 0 saturated carbocycles. The third-order valence-corrected chi connectivity index (χ3v) is 5.29. The quantitative estimate of drug-likeness (QED) is 0.770. The van der Waals surface area contributed by atoms with Crippen LogP contribution in [0.1, 0.15) is 23.2 Å². The first-order valence-electron chi connectivity index (χ1n) is 7.26. The minimum Gasteiger partial charge on any atom is -0.365 e. The van der Waals surface area contributed by atoms with Crippen molar-refractivity contribution in [1.29, 1.82) is 0 Å². The van der Waals surface area contributed by atoms with Crippen LogP contribution >= 0.6 is 22.9 Å². The molecule has 118 valence electrons. The van der Waals surface area contributed by atoms with Gasteiger partial charge in [0.05, 0.1) is 10.2 Å². The summed E-state index contributed by atoms with van der Waals surface area (Å²) in [4.78, 5) is 31.8. The zero-order valence-electron chi connectivity index (χ0n) is 12.1. The maximum Gasteiger partial charge on any atom is 0.274 e. The van der Waals surface area contributed by atoms with Gasteiger partial charge in [0.25, 0.3) is 11.5 Å². The number of amides is 1. The van der Waals surface area contributed by atoms with Crippen molar-refractivity contribution in [2.45, 2.75) is 12.8 Å². The summed E-state index contributed by atoms with van der Waals surface area (Å²) in [5, 5.41) is 0.590. The molecule has 0 atom stereocenters. The molecule has 8 heteroatoms. The molecule has 1 aliphatic heterocycles. The molecule has 3 aromatic rings. The van der Waals surface area contributed by atoms with Gasteiger partial charge in [-0.05, 0) is 31.0 Å². The van der Waals surface area contributed by atoms with Crippen LogP contribution < -0.4 is 16.2 Å². The molecule has 0 radical (unpaired) electrons. The fourth-order valence-corrected chi connectivity index (χ4v) is 4.29. The van der Waals surface area contributed by atoms with E-state index in [0.717, 1.165) is 30.6 Å². The lowest BCUT2D eigenvalue weighted by Gasteiger charge is -2.18. The maximum absolute atomic E-state index is 12.9. The molecule has 1 amide bonds. The molecule has 23 heavy (non-hydrogen) atoms. The first kappa shape index (κ1) is 14.5. The fraction of sp³-hybridized carbons (Fsp3) is 0.267. The van der Waals surface area contributed by atoms with Crippen molar-refractivity contribution < 1.29 is 4.79 Å². The maximum atomic E-state index is 12.9. The third-order valence-electron chi connectivity index (χ3n) is 4.05. The van der Waals surface area contributed by atoms with Crippen LogP contribution in [0.4, 0.5) is 5.82 Å². The van der Waals surface area contributed by atoms with Crippen LogP contribution in [0.15, 0.2) is 23.0 Å². The minimum absolute atomic E-state index is 0.0425. The van der Waals surface area contributed by atoms with Crippen LogP contribution in [0.25, 0.3) is 15.2 Å². The number of hydrogen-bond donors (Lipinski definition) is 1. The van der Waals surface area contributed by atoms with Gasteiger partial charge >= 0.3 is 0 Å². The van der Waals surface area contributed by atoms with Gasteiger partial charge < -0.3 is 10.6 Å². The van der Waals surface area contributed by atoms with Gasteiger partial charge in [0, 0.05) is 18.1 Å². The summed E-state index contributed by atoms with van der Waals surface area (Å²) in [6, 6.07) is 5.25. The van der Waals surface area contributed by atoms with Crippen LogP contribution in [0.2, 0.25) is 5.02 Å². The molecule has 0 bridgehead atoms. The fourth-order valence-electron chi connectivity index (χ4n) is 3.00. The van der Waals surface area contributed by atoms with Gasteiger partial charge in [0.15, 0.2) is 4.96 Å². The van der Waals surface area contributed by atoms with E-state index in [0.29, 0.717) is 21.3 Å². The first-order chi connectivity index (χ1) is 11.1. The number of fused-ring (bicyclic) bond motifs is 3. The Morgan fingerprint density at radius 2 is 2.04 bits per heavy atom. The van der Waals surface area contributed by atoms with Crippen LogP contribution in [-0.4, -0.2) is 28.4 Å². The zero-order chi connectivity index (χ0) is 16.1. The molecule has 3 heterocycles. The number of thiazole rings is 1. The lowest BCUT2D eigenvalue weighted by atomic mass is 10.2. The number of aromatic nitrogens is 2. The summed E-state index contributed by atoms with van der Waals surface area (Å²) >= 11 is 7.39. The Balaban J connectivity index is 2.11. The Labute approximate surface area is 140 Å². The largest absolute Gasteiger partial charge is 0.365 e. The number of nitrogens with two attached hydrogens (primary N) is 1. The van der Waals surface area contributed by atoms with E-state index < -0.39 is 11.5 Å². The average Bonchev–Trinajstić information content (AvgIpc) is 3.12. The Hall–Kier alpha value is -2.12. The number of halogens is 1. The zero-order valence-corrected chi connectivity index (χ0v) is 13.7. The van der Waals surface area contributed by atoms with Crippen LogP contribution in [0.5, 0.6) is 0 Å².